The van der Waals surface area contributed by atoms with Crippen molar-refractivity contribution in [2.45, 2.75) is 6.54 Å². The van der Waals surface area contributed by atoms with Crippen molar-refractivity contribution >= 4 is 16.9 Å². The highest BCUT2D eigenvalue weighted by molar-refractivity contribution is 5.92. The van der Waals surface area contributed by atoms with Crippen LogP contribution < -0.4 is 5.43 Å². The lowest BCUT2D eigenvalue weighted by Gasteiger charge is -2.11. The Labute approximate surface area is 104 Å². The van der Waals surface area contributed by atoms with Crippen molar-refractivity contribution in [3.63, 3.8) is 0 Å². The number of hydrogen-bond acceptors (Lipinski definition) is 2. The number of hydrogen-bond donors (Lipinski definition) is 1. The van der Waals surface area contributed by atoms with Gasteiger partial charge in [-0.2, -0.15) is 0 Å². The van der Waals surface area contributed by atoms with Gasteiger partial charge in [-0.05, 0) is 6.07 Å². The summed E-state index contributed by atoms with van der Waals surface area (Å²) in [6.07, 6.45) is 0.855. The zero-order valence-electron chi connectivity index (χ0n) is 9.49. The van der Waals surface area contributed by atoms with Crippen LogP contribution in [0.2, 0.25) is 0 Å². The summed E-state index contributed by atoms with van der Waals surface area (Å²) in [5.74, 6) is -3.59. The molecule has 0 saturated carbocycles. The van der Waals surface area contributed by atoms with E-state index in [1.165, 1.54) is 0 Å². The highest BCUT2D eigenvalue weighted by atomic mass is 19.1. The van der Waals surface area contributed by atoms with Crippen molar-refractivity contribution in [2.24, 2.45) is 0 Å². The molecule has 1 heterocycles. The third kappa shape index (κ3) is 2.18. The van der Waals surface area contributed by atoms with Gasteiger partial charge >= 0.3 is 5.97 Å². The number of halogens is 3. The number of pyridine rings is 1. The lowest BCUT2D eigenvalue weighted by Crippen LogP contribution is -2.20. The Bertz CT molecular complexity index is 724. The number of carbonyl (C=O) groups is 1. The minimum Gasteiger partial charge on any atom is -0.477 e. The molecule has 1 aromatic carbocycles. The molecule has 2 rings (SSSR count). The number of aryl methyl sites for hydroxylation is 1. The third-order valence-electron chi connectivity index (χ3n) is 2.65. The molecule has 0 radical (unpaired) electrons. The van der Waals surface area contributed by atoms with Crippen molar-refractivity contribution in [1.29, 1.82) is 0 Å². The molecular weight excluding hydrogens is 263 g/mol. The van der Waals surface area contributed by atoms with Crippen molar-refractivity contribution in [1.82, 2.24) is 4.57 Å². The van der Waals surface area contributed by atoms with E-state index in [4.69, 9.17) is 5.11 Å². The van der Waals surface area contributed by atoms with Gasteiger partial charge in [-0.1, -0.05) is 0 Å². The number of benzene rings is 1. The molecule has 0 atom stereocenters. The van der Waals surface area contributed by atoms with E-state index >= 15 is 0 Å². The van der Waals surface area contributed by atoms with Crippen molar-refractivity contribution in [3.8, 4) is 0 Å². The van der Waals surface area contributed by atoms with Gasteiger partial charge in [0.25, 0.3) is 0 Å². The Hall–Kier alpha value is -2.31. The molecule has 2 aromatic rings. The topological polar surface area (TPSA) is 59.3 Å². The number of nitrogens with zero attached hydrogens (tertiary/aromatic N) is 1. The molecule has 0 fully saturated rings. The molecule has 0 amide bonds. The average molecular weight is 271 g/mol. The second-order valence-electron chi connectivity index (χ2n) is 3.84. The zero-order valence-corrected chi connectivity index (χ0v) is 9.49. The number of alkyl halides is 1. The molecule has 0 aliphatic carbocycles. The summed E-state index contributed by atoms with van der Waals surface area (Å²) in [4.78, 5) is 22.7. The van der Waals surface area contributed by atoms with Crippen LogP contribution in [0.15, 0.2) is 23.1 Å². The fourth-order valence-corrected chi connectivity index (χ4v) is 1.87. The van der Waals surface area contributed by atoms with Gasteiger partial charge in [-0.3, -0.25) is 4.79 Å². The van der Waals surface area contributed by atoms with E-state index in [9.17, 15) is 22.8 Å². The van der Waals surface area contributed by atoms with Crippen molar-refractivity contribution in [3.05, 3.63) is 45.8 Å². The molecular formula is C12H8F3NO3. The summed E-state index contributed by atoms with van der Waals surface area (Å²) < 4.78 is 40.2. The maximum absolute atomic E-state index is 13.7. The van der Waals surface area contributed by atoms with Gasteiger partial charge in [0.15, 0.2) is 5.82 Å². The highest BCUT2D eigenvalue weighted by Gasteiger charge is 2.17. The van der Waals surface area contributed by atoms with Crippen LogP contribution in [0.3, 0.4) is 0 Å². The fourth-order valence-electron chi connectivity index (χ4n) is 1.87. The molecule has 19 heavy (non-hydrogen) atoms. The standard InChI is InChI=1S/C12H8F3NO3/c13-1-2-16-5-8(12(18)19)11(17)7-3-6(14)4-9(15)10(7)16/h3-5H,1-2H2,(H,18,19). The van der Waals surface area contributed by atoms with Gasteiger partial charge in [-0.15, -0.1) is 0 Å². The summed E-state index contributed by atoms with van der Waals surface area (Å²) >= 11 is 0. The molecule has 4 nitrogen and oxygen atoms in total. The van der Waals surface area contributed by atoms with E-state index in [-0.39, 0.29) is 12.1 Å². The molecule has 0 spiro atoms. The van der Waals surface area contributed by atoms with E-state index in [0.717, 1.165) is 16.8 Å². The molecule has 0 aliphatic rings. The molecule has 100 valence electrons. The van der Waals surface area contributed by atoms with E-state index in [0.29, 0.717) is 6.07 Å². The van der Waals surface area contributed by atoms with E-state index < -0.39 is 40.7 Å². The molecule has 7 heteroatoms. The summed E-state index contributed by atoms with van der Waals surface area (Å²) in [5, 5.41) is 8.44. The van der Waals surface area contributed by atoms with Crippen LogP contribution in [-0.4, -0.2) is 22.3 Å². The molecule has 1 aromatic heterocycles. The summed E-state index contributed by atoms with van der Waals surface area (Å²) in [6.45, 7) is -1.21. The largest absolute Gasteiger partial charge is 0.477 e. The zero-order chi connectivity index (χ0) is 14.2. The van der Waals surface area contributed by atoms with Crippen LogP contribution in [0.5, 0.6) is 0 Å². The number of aromatic carboxylic acids is 1. The Morgan fingerprint density at radius 1 is 1.32 bits per heavy atom. The van der Waals surface area contributed by atoms with Gasteiger partial charge in [0.1, 0.15) is 18.1 Å². The van der Waals surface area contributed by atoms with E-state index in [1.54, 1.807) is 0 Å². The average Bonchev–Trinajstić information content (AvgIpc) is 2.32. The number of carboxylic acids is 1. The lowest BCUT2D eigenvalue weighted by atomic mass is 10.1. The minimum atomic E-state index is -1.54. The predicted octanol–water partition coefficient (Wildman–Crippen LogP) is 1.95. The van der Waals surface area contributed by atoms with Gasteiger partial charge in [-0.25, -0.2) is 18.0 Å². The van der Waals surface area contributed by atoms with Crippen LogP contribution in [0.4, 0.5) is 13.2 Å². The highest BCUT2D eigenvalue weighted by Crippen LogP contribution is 2.18. The Morgan fingerprint density at radius 2 is 2.00 bits per heavy atom. The number of carboxylic acid groups (broad SMARTS) is 1. The second-order valence-corrected chi connectivity index (χ2v) is 3.84. The van der Waals surface area contributed by atoms with Gasteiger partial charge in [0.2, 0.25) is 5.43 Å². The lowest BCUT2D eigenvalue weighted by molar-refractivity contribution is 0.0694. The first kappa shape index (κ1) is 13.1. The van der Waals surface area contributed by atoms with Gasteiger partial charge < -0.3 is 9.67 Å². The fraction of sp³-hybridized carbons (Fsp3) is 0.167. The summed E-state index contributed by atoms with van der Waals surface area (Å²) in [7, 11) is 0. The van der Waals surface area contributed by atoms with Gasteiger partial charge in [0.05, 0.1) is 17.4 Å². The number of rotatable bonds is 3. The van der Waals surface area contributed by atoms with E-state index in [2.05, 4.69) is 0 Å². The summed E-state index contributed by atoms with van der Waals surface area (Å²) in [6, 6.07) is 1.29. The number of fused-ring (bicyclic) bond motifs is 1. The third-order valence-corrected chi connectivity index (χ3v) is 2.65. The normalized spacial score (nSPS) is 10.9. The molecule has 0 unspecified atom stereocenters. The predicted molar refractivity (Wildman–Crippen MR) is 61.1 cm³/mol. The number of aromatic nitrogens is 1. The van der Waals surface area contributed by atoms with Crippen LogP contribution in [0.25, 0.3) is 10.9 Å². The van der Waals surface area contributed by atoms with Crippen LogP contribution in [0, 0.1) is 11.6 Å². The van der Waals surface area contributed by atoms with Crippen LogP contribution in [-0.2, 0) is 6.54 Å². The second kappa shape index (κ2) is 4.75. The first-order valence-electron chi connectivity index (χ1n) is 5.27. The van der Waals surface area contributed by atoms with Crippen LogP contribution in [0.1, 0.15) is 10.4 Å². The monoisotopic (exact) mass is 271 g/mol. The van der Waals surface area contributed by atoms with Crippen molar-refractivity contribution < 1.29 is 23.1 Å². The maximum Gasteiger partial charge on any atom is 0.341 e. The van der Waals surface area contributed by atoms with Crippen LogP contribution >= 0.6 is 0 Å². The van der Waals surface area contributed by atoms with Crippen molar-refractivity contribution in [2.75, 3.05) is 6.67 Å². The Balaban J connectivity index is 2.96. The molecule has 0 bridgehead atoms. The maximum atomic E-state index is 13.7. The first-order valence-corrected chi connectivity index (χ1v) is 5.27. The molecule has 0 aliphatic heterocycles. The van der Waals surface area contributed by atoms with Gasteiger partial charge in [0, 0.05) is 12.3 Å². The SMILES string of the molecule is O=C(O)c1cn(CCF)c2c(F)cc(F)cc2c1=O. The molecule has 1 N–H and O–H groups in total. The molecule has 0 saturated heterocycles. The minimum absolute atomic E-state index is 0.311. The Morgan fingerprint density at radius 3 is 2.58 bits per heavy atom. The quantitative estimate of drug-likeness (QED) is 0.928. The van der Waals surface area contributed by atoms with E-state index in [1.807, 2.05) is 0 Å². The first-order chi connectivity index (χ1) is 8.95. The Kier molecular flexibility index (Phi) is 3.28. The smallest absolute Gasteiger partial charge is 0.341 e. The summed E-state index contributed by atoms with van der Waals surface area (Å²) in [5.41, 5.74) is -1.98.